The molecular formula is C11H12FN5O. The number of methoxy groups -OCH3 is 1. The molecule has 0 atom stereocenters. The molecule has 0 bridgehead atoms. The largest absolute Gasteiger partial charge is 0.494 e. The fourth-order valence-corrected chi connectivity index (χ4v) is 1.40. The SMILES string of the molecule is COc1ccc(Nc2cc(NN)ncn2)cc1F. The Kier molecular flexibility index (Phi) is 3.54. The molecule has 0 saturated heterocycles. The molecule has 0 radical (unpaired) electrons. The second-order valence-electron chi connectivity index (χ2n) is 3.41. The molecule has 0 aliphatic heterocycles. The number of benzene rings is 1. The maximum Gasteiger partial charge on any atom is 0.167 e. The molecule has 94 valence electrons. The number of halogens is 1. The van der Waals surface area contributed by atoms with Crippen molar-refractivity contribution in [2.24, 2.45) is 5.84 Å². The fraction of sp³-hybridized carbons (Fsp3) is 0.0909. The summed E-state index contributed by atoms with van der Waals surface area (Å²) in [7, 11) is 1.41. The summed E-state index contributed by atoms with van der Waals surface area (Å²) in [6.45, 7) is 0. The van der Waals surface area contributed by atoms with Crippen LogP contribution in [0.2, 0.25) is 0 Å². The molecule has 6 nitrogen and oxygen atoms in total. The van der Waals surface area contributed by atoms with Crippen LogP contribution >= 0.6 is 0 Å². The molecule has 7 heteroatoms. The van der Waals surface area contributed by atoms with Crippen molar-refractivity contribution in [1.29, 1.82) is 0 Å². The van der Waals surface area contributed by atoms with E-state index in [1.165, 1.54) is 25.6 Å². The number of nitrogens with zero attached hydrogens (tertiary/aromatic N) is 2. The number of hydrogen-bond acceptors (Lipinski definition) is 6. The van der Waals surface area contributed by atoms with Crippen LogP contribution in [0.4, 0.5) is 21.7 Å². The van der Waals surface area contributed by atoms with Gasteiger partial charge in [0.05, 0.1) is 7.11 Å². The van der Waals surface area contributed by atoms with E-state index in [0.717, 1.165) is 0 Å². The van der Waals surface area contributed by atoms with Gasteiger partial charge in [-0.2, -0.15) is 0 Å². The van der Waals surface area contributed by atoms with Crippen LogP contribution in [0.1, 0.15) is 0 Å². The molecule has 0 saturated carbocycles. The minimum atomic E-state index is -0.450. The highest BCUT2D eigenvalue weighted by molar-refractivity contribution is 5.59. The smallest absolute Gasteiger partial charge is 0.167 e. The first-order valence-corrected chi connectivity index (χ1v) is 5.12. The molecule has 0 amide bonds. The number of ether oxygens (including phenoxy) is 1. The van der Waals surface area contributed by atoms with Gasteiger partial charge in [0.15, 0.2) is 11.6 Å². The summed E-state index contributed by atoms with van der Waals surface area (Å²) in [4.78, 5) is 7.85. The summed E-state index contributed by atoms with van der Waals surface area (Å²) in [6, 6.07) is 6.12. The van der Waals surface area contributed by atoms with Gasteiger partial charge in [-0.3, -0.25) is 0 Å². The number of nitrogens with two attached hydrogens (primary N) is 1. The molecule has 0 aliphatic carbocycles. The zero-order valence-corrected chi connectivity index (χ0v) is 9.64. The van der Waals surface area contributed by atoms with Crippen molar-refractivity contribution in [1.82, 2.24) is 9.97 Å². The fourth-order valence-electron chi connectivity index (χ4n) is 1.40. The van der Waals surface area contributed by atoms with Gasteiger partial charge in [0, 0.05) is 17.8 Å². The van der Waals surface area contributed by atoms with Crippen molar-refractivity contribution in [3.05, 3.63) is 36.4 Å². The third kappa shape index (κ3) is 2.64. The van der Waals surface area contributed by atoms with Crippen LogP contribution in [0.5, 0.6) is 5.75 Å². The van der Waals surface area contributed by atoms with E-state index in [-0.39, 0.29) is 5.75 Å². The van der Waals surface area contributed by atoms with Crippen molar-refractivity contribution in [2.75, 3.05) is 17.9 Å². The van der Waals surface area contributed by atoms with Crippen molar-refractivity contribution < 1.29 is 9.13 Å². The summed E-state index contributed by atoms with van der Waals surface area (Å²) < 4.78 is 18.3. The average molecular weight is 249 g/mol. The van der Waals surface area contributed by atoms with Gasteiger partial charge in [-0.05, 0) is 12.1 Å². The molecular weight excluding hydrogens is 237 g/mol. The predicted molar refractivity (Wildman–Crippen MR) is 66.1 cm³/mol. The maximum atomic E-state index is 13.5. The first-order valence-electron chi connectivity index (χ1n) is 5.12. The lowest BCUT2D eigenvalue weighted by Crippen LogP contribution is -2.09. The van der Waals surface area contributed by atoms with Crippen LogP contribution < -0.4 is 21.3 Å². The van der Waals surface area contributed by atoms with Gasteiger partial charge in [0.2, 0.25) is 0 Å². The van der Waals surface area contributed by atoms with E-state index in [1.807, 2.05) is 0 Å². The lowest BCUT2D eigenvalue weighted by molar-refractivity contribution is 0.386. The first-order chi connectivity index (χ1) is 8.72. The number of rotatable bonds is 4. The topological polar surface area (TPSA) is 85.1 Å². The van der Waals surface area contributed by atoms with Crippen LogP contribution in [0, 0.1) is 5.82 Å². The zero-order valence-electron chi connectivity index (χ0n) is 9.64. The van der Waals surface area contributed by atoms with Crippen molar-refractivity contribution in [2.45, 2.75) is 0 Å². The number of hydrogen-bond donors (Lipinski definition) is 3. The Morgan fingerprint density at radius 1 is 1.22 bits per heavy atom. The first kappa shape index (κ1) is 12.1. The van der Waals surface area contributed by atoms with Gasteiger partial charge in [-0.15, -0.1) is 0 Å². The molecule has 0 aliphatic rings. The van der Waals surface area contributed by atoms with E-state index < -0.39 is 5.82 Å². The third-order valence-electron chi connectivity index (χ3n) is 2.24. The molecule has 0 unspecified atom stereocenters. The van der Waals surface area contributed by atoms with Crippen LogP contribution in [-0.2, 0) is 0 Å². The molecule has 18 heavy (non-hydrogen) atoms. The molecule has 1 heterocycles. The van der Waals surface area contributed by atoms with Crippen molar-refractivity contribution in [3.63, 3.8) is 0 Å². The van der Waals surface area contributed by atoms with Crippen molar-refractivity contribution >= 4 is 17.3 Å². The lowest BCUT2D eigenvalue weighted by atomic mass is 10.3. The molecule has 4 N–H and O–H groups in total. The third-order valence-corrected chi connectivity index (χ3v) is 2.24. The highest BCUT2D eigenvalue weighted by atomic mass is 19.1. The summed E-state index contributed by atoms with van der Waals surface area (Å²) in [5.74, 6) is 5.93. The second-order valence-corrected chi connectivity index (χ2v) is 3.41. The summed E-state index contributed by atoms with van der Waals surface area (Å²) in [5.41, 5.74) is 2.95. The van der Waals surface area contributed by atoms with Crippen LogP contribution in [0.15, 0.2) is 30.6 Å². The second kappa shape index (κ2) is 5.28. The normalized spacial score (nSPS) is 9.94. The highest BCUT2D eigenvalue weighted by Crippen LogP contribution is 2.23. The Balaban J connectivity index is 2.20. The lowest BCUT2D eigenvalue weighted by Gasteiger charge is -2.08. The van der Waals surface area contributed by atoms with E-state index in [2.05, 4.69) is 20.7 Å². The molecule has 1 aromatic carbocycles. The molecule has 2 rings (SSSR count). The minimum Gasteiger partial charge on any atom is -0.494 e. The molecule has 1 aromatic heterocycles. The Labute approximate surface area is 103 Å². The molecule has 0 fully saturated rings. The Morgan fingerprint density at radius 3 is 2.67 bits per heavy atom. The number of anilines is 3. The summed E-state index contributed by atoms with van der Waals surface area (Å²) in [6.07, 6.45) is 1.34. The monoisotopic (exact) mass is 249 g/mol. The number of aromatic nitrogens is 2. The van der Waals surface area contributed by atoms with Crippen LogP contribution in [0.3, 0.4) is 0 Å². The number of nitrogen functional groups attached to an aromatic ring is 1. The van der Waals surface area contributed by atoms with E-state index in [1.54, 1.807) is 12.1 Å². The minimum absolute atomic E-state index is 0.188. The van der Waals surface area contributed by atoms with Gasteiger partial charge < -0.3 is 15.5 Å². The zero-order chi connectivity index (χ0) is 13.0. The standard InChI is InChI=1S/C11H12FN5O/c1-18-9-3-2-7(4-8(9)12)16-10-5-11(17-13)15-6-14-10/h2-6H,13H2,1H3,(H2,14,15,16,17). The van der Waals surface area contributed by atoms with Gasteiger partial charge >= 0.3 is 0 Å². The van der Waals surface area contributed by atoms with Gasteiger partial charge in [0.1, 0.15) is 18.0 Å². The van der Waals surface area contributed by atoms with Crippen LogP contribution in [0.25, 0.3) is 0 Å². The quantitative estimate of drug-likeness (QED) is 0.564. The van der Waals surface area contributed by atoms with E-state index in [4.69, 9.17) is 10.6 Å². The predicted octanol–water partition coefficient (Wildman–Crippen LogP) is 1.65. The van der Waals surface area contributed by atoms with E-state index in [9.17, 15) is 4.39 Å². The van der Waals surface area contributed by atoms with E-state index >= 15 is 0 Å². The maximum absolute atomic E-state index is 13.5. The Hall–Kier alpha value is -2.41. The summed E-state index contributed by atoms with van der Waals surface area (Å²) >= 11 is 0. The van der Waals surface area contributed by atoms with E-state index in [0.29, 0.717) is 17.3 Å². The van der Waals surface area contributed by atoms with Crippen LogP contribution in [-0.4, -0.2) is 17.1 Å². The van der Waals surface area contributed by atoms with Crippen molar-refractivity contribution in [3.8, 4) is 5.75 Å². The molecule has 2 aromatic rings. The van der Waals surface area contributed by atoms with Gasteiger partial charge in [0.25, 0.3) is 0 Å². The van der Waals surface area contributed by atoms with Gasteiger partial charge in [-0.1, -0.05) is 0 Å². The number of hydrazine groups is 1. The molecule has 0 spiro atoms. The highest BCUT2D eigenvalue weighted by Gasteiger charge is 2.04. The summed E-state index contributed by atoms with van der Waals surface area (Å²) in [5, 5.41) is 2.93. The van der Waals surface area contributed by atoms with Gasteiger partial charge in [-0.25, -0.2) is 20.2 Å². The average Bonchev–Trinajstić information content (AvgIpc) is 2.39. The Bertz CT molecular complexity index is 549. The Morgan fingerprint density at radius 2 is 2.00 bits per heavy atom. The number of nitrogens with one attached hydrogen (secondary N) is 2.